The molecule has 0 saturated carbocycles. The Bertz CT molecular complexity index is 1040. The number of amides is 1. The van der Waals surface area contributed by atoms with Crippen LogP contribution in [0, 0.1) is 0 Å². The highest BCUT2D eigenvalue weighted by Gasteiger charge is 2.37. The first-order valence-electron chi connectivity index (χ1n) is 8.06. The number of halogens is 3. The lowest BCUT2D eigenvalue weighted by atomic mass is 10.1. The van der Waals surface area contributed by atoms with Crippen LogP contribution in [0.1, 0.15) is 15.9 Å². The predicted octanol–water partition coefficient (Wildman–Crippen LogP) is 2.95. The lowest BCUT2D eigenvalue weighted by Crippen LogP contribution is -2.24. The highest BCUT2D eigenvalue weighted by atomic mass is 32.2. The summed E-state index contributed by atoms with van der Waals surface area (Å²) in [6, 6.07) is 8.78. The SMILES string of the molecule is COC(=O)c1ccccc1NC(=O)CNc1cccc(C(F)(F)F)c1S(C)(=O)=O. The fourth-order valence-corrected chi connectivity index (χ4v) is 3.67. The normalized spacial score (nSPS) is 11.6. The number of alkyl halides is 3. The molecule has 0 atom stereocenters. The summed E-state index contributed by atoms with van der Waals surface area (Å²) in [4.78, 5) is 23.0. The van der Waals surface area contributed by atoms with Crippen LogP contribution in [0.4, 0.5) is 24.5 Å². The Balaban J connectivity index is 2.25. The Hall–Kier alpha value is -3.08. The molecule has 2 aromatic rings. The minimum atomic E-state index is -4.89. The summed E-state index contributed by atoms with van der Waals surface area (Å²) in [5.41, 5.74) is -1.47. The number of carbonyl (C=O) groups excluding carboxylic acids is 2. The van der Waals surface area contributed by atoms with E-state index in [1.54, 1.807) is 12.1 Å². The summed E-state index contributed by atoms with van der Waals surface area (Å²) in [6.07, 6.45) is -4.24. The van der Waals surface area contributed by atoms with Crippen molar-refractivity contribution in [3.63, 3.8) is 0 Å². The van der Waals surface area contributed by atoms with Crippen molar-refractivity contribution in [2.24, 2.45) is 0 Å². The lowest BCUT2D eigenvalue weighted by molar-refractivity contribution is -0.139. The molecular formula is C18H17F3N2O5S. The van der Waals surface area contributed by atoms with Gasteiger partial charge in [0, 0.05) is 6.26 Å². The number of para-hydroxylation sites is 1. The van der Waals surface area contributed by atoms with Gasteiger partial charge in [-0.25, -0.2) is 13.2 Å². The Kier molecular flexibility index (Phi) is 6.52. The Labute approximate surface area is 164 Å². The number of nitrogens with one attached hydrogen (secondary N) is 2. The lowest BCUT2D eigenvalue weighted by Gasteiger charge is -2.17. The molecule has 2 aromatic carbocycles. The number of esters is 1. The number of benzene rings is 2. The van der Waals surface area contributed by atoms with Crippen LogP contribution in [0.5, 0.6) is 0 Å². The number of ether oxygens (including phenoxy) is 1. The number of sulfone groups is 1. The molecule has 11 heteroatoms. The second-order valence-electron chi connectivity index (χ2n) is 5.89. The first kappa shape index (κ1) is 22.2. The van der Waals surface area contributed by atoms with Crippen molar-refractivity contribution in [3.05, 3.63) is 53.6 Å². The Morgan fingerprint density at radius 3 is 2.24 bits per heavy atom. The molecule has 0 aliphatic rings. The van der Waals surface area contributed by atoms with Crippen LogP contribution in [0.25, 0.3) is 0 Å². The largest absolute Gasteiger partial charge is 0.465 e. The number of anilines is 2. The number of carbonyl (C=O) groups is 2. The van der Waals surface area contributed by atoms with Gasteiger partial charge in [-0.3, -0.25) is 4.79 Å². The molecule has 0 aliphatic heterocycles. The molecule has 2 rings (SSSR count). The van der Waals surface area contributed by atoms with E-state index in [9.17, 15) is 31.2 Å². The van der Waals surface area contributed by atoms with Crippen molar-refractivity contribution in [3.8, 4) is 0 Å². The molecule has 0 radical (unpaired) electrons. The molecule has 1 amide bonds. The van der Waals surface area contributed by atoms with Crippen LogP contribution in [0.2, 0.25) is 0 Å². The fraction of sp³-hybridized carbons (Fsp3) is 0.222. The average molecular weight is 430 g/mol. The van der Waals surface area contributed by atoms with Gasteiger partial charge in [-0.1, -0.05) is 18.2 Å². The summed E-state index contributed by atoms with van der Waals surface area (Å²) in [5, 5.41) is 4.83. The van der Waals surface area contributed by atoms with Gasteiger partial charge in [0.1, 0.15) is 4.90 Å². The van der Waals surface area contributed by atoms with Gasteiger partial charge in [-0.2, -0.15) is 13.2 Å². The maximum Gasteiger partial charge on any atom is 0.417 e. The quantitative estimate of drug-likeness (QED) is 0.684. The molecule has 0 unspecified atom stereocenters. The molecule has 0 fully saturated rings. The van der Waals surface area contributed by atoms with E-state index >= 15 is 0 Å². The third-order valence-corrected chi connectivity index (χ3v) is 4.92. The molecule has 29 heavy (non-hydrogen) atoms. The van der Waals surface area contributed by atoms with Gasteiger partial charge in [0.15, 0.2) is 9.84 Å². The van der Waals surface area contributed by atoms with Crippen molar-refractivity contribution >= 4 is 33.1 Å². The molecule has 0 saturated heterocycles. The van der Waals surface area contributed by atoms with E-state index in [1.165, 1.54) is 19.2 Å². The average Bonchev–Trinajstić information content (AvgIpc) is 2.64. The Morgan fingerprint density at radius 1 is 1.03 bits per heavy atom. The maximum atomic E-state index is 13.2. The first-order chi connectivity index (χ1) is 13.4. The molecular weight excluding hydrogens is 413 g/mol. The molecule has 0 bridgehead atoms. The van der Waals surface area contributed by atoms with Crippen LogP contribution in [-0.2, 0) is 25.5 Å². The standard InChI is InChI=1S/C18H17F3N2O5S/c1-28-17(25)11-6-3-4-8-13(11)23-15(24)10-22-14-9-5-7-12(18(19,20)21)16(14)29(2,26)27/h3-9,22H,10H2,1-2H3,(H,23,24). The summed E-state index contributed by atoms with van der Waals surface area (Å²) in [7, 11) is -3.08. The molecule has 2 N–H and O–H groups in total. The van der Waals surface area contributed by atoms with Crippen molar-refractivity contribution < 1.29 is 35.9 Å². The smallest absolute Gasteiger partial charge is 0.417 e. The minimum Gasteiger partial charge on any atom is -0.465 e. The number of rotatable bonds is 6. The molecule has 156 valence electrons. The molecule has 0 spiro atoms. The summed E-state index contributed by atoms with van der Waals surface area (Å²) >= 11 is 0. The van der Waals surface area contributed by atoms with Crippen molar-refractivity contribution in [2.45, 2.75) is 11.1 Å². The van der Waals surface area contributed by atoms with E-state index in [-0.39, 0.29) is 16.9 Å². The van der Waals surface area contributed by atoms with Gasteiger partial charge < -0.3 is 15.4 Å². The Morgan fingerprint density at radius 2 is 1.66 bits per heavy atom. The molecule has 0 aliphatic carbocycles. The van der Waals surface area contributed by atoms with Crippen LogP contribution in [0.15, 0.2) is 47.4 Å². The van der Waals surface area contributed by atoms with Gasteiger partial charge in [0.2, 0.25) is 5.91 Å². The summed E-state index contributed by atoms with van der Waals surface area (Å²) in [5.74, 6) is -1.40. The number of hydrogen-bond acceptors (Lipinski definition) is 6. The third kappa shape index (κ3) is 5.47. The zero-order valence-corrected chi connectivity index (χ0v) is 16.1. The number of hydrogen-bond donors (Lipinski definition) is 2. The molecule has 0 heterocycles. The third-order valence-electron chi connectivity index (χ3n) is 3.74. The van der Waals surface area contributed by atoms with Crippen molar-refractivity contribution in [2.75, 3.05) is 30.5 Å². The maximum absolute atomic E-state index is 13.2. The zero-order valence-electron chi connectivity index (χ0n) is 15.3. The van der Waals surface area contributed by atoms with Gasteiger partial charge in [-0.05, 0) is 24.3 Å². The van der Waals surface area contributed by atoms with Crippen LogP contribution < -0.4 is 10.6 Å². The van der Waals surface area contributed by atoms with Crippen molar-refractivity contribution in [1.29, 1.82) is 0 Å². The van der Waals surface area contributed by atoms with Gasteiger partial charge >= 0.3 is 12.1 Å². The van der Waals surface area contributed by atoms with Crippen molar-refractivity contribution in [1.82, 2.24) is 0 Å². The zero-order chi connectivity index (χ0) is 21.8. The van der Waals surface area contributed by atoms with E-state index in [2.05, 4.69) is 15.4 Å². The van der Waals surface area contributed by atoms with Crippen LogP contribution in [0.3, 0.4) is 0 Å². The van der Waals surface area contributed by atoms with Gasteiger partial charge in [0.05, 0.1) is 36.2 Å². The predicted molar refractivity (Wildman–Crippen MR) is 99.5 cm³/mol. The van der Waals surface area contributed by atoms with E-state index in [1.807, 2.05) is 0 Å². The van der Waals surface area contributed by atoms with Crippen LogP contribution in [-0.4, -0.2) is 40.2 Å². The highest BCUT2D eigenvalue weighted by Crippen LogP contribution is 2.37. The monoisotopic (exact) mass is 430 g/mol. The number of methoxy groups -OCH3 is 1. The van der Waals surface area contributed by atoms with Crippen LogP contribution >= 0.6 is 0 Å². The fourth-order valence-electron chi connectivity index (χ4n) is 2.55. The highest BCUT2D eigenvalue weighted by molar-refractivity contribution is 7.91. The molecule has 0 aromatic heterocycles. The van der Waals surface area contributed by atoms with E-state index in [4.69, 9.17) is 0 Å². The van der Waals surface area contributed by atoms with Gasteiger partial charge in [-0.15, -0.1) is 0 Å². The van der Waals surface area contributed by atoms with E-state index in [0.717, 1.165) is 12.1 Å². The second kappa shape index (κ2) is 8.52. The van der Waals surface area contributed by atoms with E-state index < -0.39 is 44.9 Å². The summed E-state index contributed by atoms with van der Waals surface area (Å²) < 4.78 is 68.0. The first-order valence-corrected chi connectivity index (χ1v) is 9.95. The summed E-state index contributed by atoms with van der Waals surface area (Å²) in [6.45, 7) is -0.542. The topological polar surface area (TPSA) is 102 Å². The molecule has 7 nitrogen and oxygen atoms in total. The second-order valence-corrected chi connectivity index (χ2v) is 7.84. The van der Waals surface area contributed by atoms with Gasteiger partial charge in [0.25, 0.3) is 0 Å². The minimum absolute atomic E-state index is 0.0826. The van der Waals surface area contributed by atoms with E-state index in [0.29, 0.717) is 12.3 Å².